The third-order valence-corrected chi connectivity index (χ3v) is 7.05. The maximum atomic E-state index is 12.3. The number of para-hydroxylation sites is 1. The lowest BCUT2D eigenvalue weighted by molar-refractivity contribution is 0.0600. The zero-order valence-electron chi connectivity index (χ0n) is 20.9. The second-order valence-corrected chi connectivity index (χ2v) is 9.21. The van der Waals surface area contributed by atoms with Crippen molar-refractivity contribution in [1.29, 1.82) is 0 Å². The summed E-state index contributed by atoms with van der Waals surface area (Å²) >= 11 is 0. The molecule has 0 saturated heterocycles. The van der Waals surface area contributed by atoms with E-state index < -0.39 is 0 Å². The summed E-state index contributed by atoms with van der Waals surface area (Å²) in [6, 6.07) is 28.7. The van der Waals surface area contributed by atoms with Crippen LogP contribution in [0.15, 0.2) is 84.9 Å². The number of hydrogen-bond donors (Lipinski definition) is 1. The van der Waals surface area contributed by atoms with Crippen LogP contribution in [0.3, 0.4) is 0 Å². The van der Waals surface area contributed by atoms with Gasteiger partial charge in [0, 0.05) is 29.6 Å². The Morgan fingerprint density at radius 2 is 1.75 bits per heavy atom. The molecule has 1 aliphatic rings. The summed E-state index contributed by atoms with van der Waals surface area (Å²) in [5.74, 6) is 1.28. The number of methoxy groups -OCH3 is 2. The number of hydrogen-bond acceptors (Lipinski definition) is 5. The Hall–Kier alpha value is -3.83. The Balaban J connectivity index is 1.42. The monoisotopic (exact) mass is 481 g/mol. The molecule has 0 amide bonds. The standard InChI is InChI=1S/C31H31NO4/c1-20(24-13-8-10-21-9-4-5-11-25(21)24)32-19-23-18-27(26-12-6-7-14-30(26)36-23)28-17-22(31(33)35-3)15-16-29(28)34-2/h4-17,20,23,27,32H,18-19H2,1-3H3/t20?,23-,27-/m1/s1. The van der Waals surface area contributed by atoms with E-state index >= 15 is 0 Å². The quantitative estimate of drug-likeness (QED) is 0.315. The summed E-state index contributed by atoms with van der Waals surface area (Å²) in [5.41, 5.74) is 3.84. The smallest absolute Gasteiger partial charge is 0.337 e. The molecule has 0 radical (unpaired) electrons. The van der Waals surface area contributed by atoms with E-state index in [0.717, 1.165) is 29.0 Å². The van der Waals surface area contributed by atoms with Gasteiger partial charge in [0.25, 0.3) is 0 Å². The van der Waals surface area contributed by atoms with Gasteiger partial charge in [-0.2, -0.15) is 0 Å². The van der Waals surface area contributed by atoms with Crippen LogP contribution >= 0.6 is 0 Å². The van der Waals surface area contributed by atoms with E-state index in [4.69, 9.17) is 14.2 Å². The SMILES string of the molecule is COC(=O)c1ccc(OC)c([C@@H]2C[C@H](CNC(C)c3cccc4ccccc34)Oc3ccccc32)c1. The van der Waals surface area contributed by atoms with Gasteiger partial charge in [0.15, 0.2) is 0 Å². The summed E-state index contributed by atoms with van der Waals surface area (Å²) in [6.07, 6.45) is 0.710. The van der Waals surface area contributed by atoms with Crippen LogP contribution in [-0.2, 0) is 4.74 Å². The number of nitrogens with one attached hydrogen (secondary N) is 1. The minimum absolute atomic E-state index is 0.0224. The molecule has 1 N–H and O–H groups in total. The average Bonchev–Trinajstić information content (AvgIpc) is 2.94. The molecule has 0 saturated carbocycles. The Morgan fingerprint density at radius 1 is 0.972 bits per heavy atom. The number of carbonyl (C=O) groups excluding carboxylic acids is 1. The molecule has 36 heavy (non-hydrogen) atoms. The van der Waals surface area contributed by atoms with Crippen LogP contribution in [-0.4, -0.2) is 32.8 Å². The second kappa shape index (κ2) is 10.4. The molecule has 4 aromatic rings. The normalized spacial score (nSPS) is 17.6. The molecule has 0 fully saturated rings. The van der Waals surface area contributed by atoms with Gasteiger partial charge in [-0.1, -0.05) is 60.7 Å². The summed E-state index contributed by atoms with van der Waals surface area (Å²) < 4.78 is 17.1. The molecule has 1 unspecified atom stereocenters. The highest BCUT2D eigenvalue weighted by Gasteiger charge is 2.32. The van der Waals surface area contributed by atoms with Crippen molar-refractivity contribution in [3.63, 3.8) is 0 Å². The van der Waals surface area contributed by atoms with Crippen molar-refractivity contribution in [2.45, 2.75) is 31.4 Å². The van der Waals surface area contributed by atoms with Crippen molar-refractivity contribution in [1.82, 2.24) is 5.32 Å². The molecule has 0 bridgehead atoms. The van der Waals surface area contributed by atoms with Crippen LogP contribution in [0, 0.1) is 0 Å². The van der Waals surface area contributed by atoms with Crippen LogP contribution in [0.25, 0.3) is 10.8 Å². The summed E-state index contributed by atoms with van der Waals surface area (Å²) in [5, 5.41) is 6.20. The van der Waals surface area contributed by atoms with Crippen molar-refractivity contribution in [3.05, 3.63) is 107 Å². The number of benzene rings is 4. The first-order chi connectivity index (χ1) is 17.6. The molecular weight excluding hydrogens is 450 g/mol. The largest absolute Gasteiger partial charge is 0.496 e. The maximum absolute atomic E-state index is 12.3. The highest BCUT2D eigenvalue weighted by Crippen LogP contribution is 2.43. The minimum atomic E-state index is -0.360. The predicted octanol–water partition coefficient (Wildman–Crippen LogP) is 6.27. The van der Waals surface area contributed by atoms with Gasteiger partial charge in [-0.15, -0.1) is 0 Å². The van der Waals surface area contributed by atoms with E-state index in [1.807, 2.05) is 30.3 Å². The zero-order valence-corrected chi connectivity index (χ0v) is 20.9. The van der Waals surface area contributed by atoms with Gasteiger partial charge in [0.05, 0.1) is 19.8 Å². The summed E-state index contributed by atoms with van der Waals surface area (Å²) in [6.45, 7) is 2.88. The lowest BCUT2D eigenvalue weighted by Crippen LogP contribution is -2.37. The Labute approximate surface area is 212 Å². The first-order valence-corrected chi connectivity index (χ1v) is 12.3. The molecule has 0 aliphatic carbocycles. The first-order valence-electron chi connectivity index (χ1n) is 12.3. The van der Waals surface area contributed by atoms with Crippen molar-refractivity contribution >= 4 is 16.7 Å². The fraction of sp³-hybridized carbons (Fsp3) is 0.258. The average molecular weight is 482 g/mol. The van der Waals surface area contributed by atoms with E-state index in [9.17, 15) is 4.79 Å². The van der Waals surface area contributed by atoms with Crippen molar-refractivity contribution in [2.24, 2.45) is 0 Å². The lowest BCUT2D eigenvalue weighted by atomic mass is 9.83. The third-order valence-electron chi connectivity index (χ3n) is 7.05. The molecule has 1 aliphatic heterocycles. The van der Waals surface area contributed by atoms with Gasteiger partial charge in [0.1, 0.15) is 17.6 Å². The summed E-state index contributed by atoms with van der Waals surface area (Å²) in [4.78, 5) is 12.3. The Kier molecular flexibility index (Phi) is 6.92. The van der Waals surface area contributed by atoms with E-state index in [1.165, 1.54) is 23.4 Å². The fourth-order valence-corrected chi connectivity index (χ4v) is 5.21. The van der Waals surface area contributed by atoms with Gasteiger partial charge in [-0.05, 0) is 53.9 Å². The van der Waals surface area contributed by atoms with E-state index in [0.29, 0.717) is 12.1 Å². The highest BCUT2D eigenvalue weighted by molar-refractivity contribution is 5.90. The van der Waals surface area contributed by atoms with Crippen molar-refractivity contribution in [2.75, 3.05) is 20.8 Å². The first kappa shape index (κ1) is 23.9. The zero-order chi connectivity index (χ0) is 25.1. The van der Waals surface area contributed by atoms with Crippen LogP contribution in [0.5, 0.6) is 11.5 Å². The van der Waals surface area contributed by atoms with Gasteiger partial charge in [-0.25, -0.2) is 4.79 Å². The van der Waals surface area contributed by atoms with E-state index in [1.54, 1.807) is 13.2 Å². The molecule has 5 rings (SSSR count). The molecule has 0 spiro atoms. The predicted molar refractivity (Wildman–Crippen MR) is 142 cm³/mol. The molecular formula is C31H31NO4. The van der Waals surface area contributed by atoms with Crippen LogP contribution < -0.4 is 14.8 Å². The van der Waals surface area contributed by atoms with Gasteiger partial charge in [-0.3, -0.25) is 0 Å². The maximum Gasteiger partial charge on any atom is 0.337 e. The molecule has 5 nitrogen and oxygen atoms in total. The fourth-order valence-electron chi connectivity index (χ4n) is 5.21. The van der Waals surface area contributed by atoms with Crippen molar-refractivity contribution in [3.8, 4) is 11.5 Å². The molecule has 1 heterocycles. The Bertz CT molecular complexity index is 1380. The van der Waals surface area contributed by atoms with E-state index in [-0.39, 0.29) is 24.0 Å². The lowest BCUT2D eigenvalue weighted by Gasteiger charge is -2.34. The third kappa shape index (κ3) is 4.67. The van der Waals surface area contributed by atoms with Crippen LogP contribution in [0.4, 0.5) is 0 Å². The summed E-state index contributed by atoms with van der Waals surface area (Å²) in [7, 11) is 3.06. The number of carbonyl (C=O) groups is 1. The van der Waals surface area contributed by atoms with Crippen LogP contribution in [0.2, 0.25) is 0 Å². The van der Waals surface area contributed by atoms with Gasteiger partial charge >= 0.3 is 5.97 Å². The number of rotatable bonds is 7. The van der Waals surface area contributed by atoms with E-state index in [2.05, 4.69) is 60.8 Å². The second-order valence-electron chi connectivity index (χ2n) is 9.21. The number of esters is 1. The minimum Gasteiger partial charge on any atom is -0.496 e. The van der Waals surface area contributed by atoms with Crippen LogP contribution in [0.1, 0.15) is 52.4 Å². The molecule has 4 aromatic carbocycles. The number of fused-ring (bicyclic) bond motifs is 2. The molecule has 5 heteroatoms. The van der Waals surface area contributed by atoms with Crippen molar-refractivity contribution < 1.29 is 19.0 Å². The van der Waals surface area contributed by atoms with Gasteiger partial charge in [0.2, 0.25) is 0 Å². The highest BCUT2D eigenvalue weighted by atomic mass is 16.5. The van der Waals surface area contributed by atoms with Gasteiger partial charge < -0.3 is 19.5 Å². The Morgan fingerprint density at radius 3 is 2.58 bits per heavy atom. The number of ether oxygens (including phenoxy) is 3. The molecule has 3 atom stereocenters. The molecule has 184 valence electrons. The molecule has 0 aromatic heterocycles. The topological polar surface area (TPSA) is 56.8 Å².